The van der Waals surface area contributed by atoms with Crippen LogP contribution in [-0.4, -0.2) is 15.3 Å². The molecule has 0 radical (unpaired) electrons. The van der Waals surface area contributed by atoms with Crippen molar-refractivity contribution in [3.63, 3.8) is 0 Å². The van der Waals surface area contributed by atoms with Gasteiger partial charge in [-0.05, 0) is 37.5 Å². The van der Waals surface area contributed by atoms with Crippen molar-refractivity contribution in [2.75, 3.05) is 0 Å². The van der Waals surface area contributed by atoms with Crippen LogP contribution in [0.5, 0.6) is 0 Å². The number of amides is 1. The fourth-order valence-corrected chi connectivity index (χ4v) is 3.61. The van der Waals surface area contributed by atoms with Crippen LogP contribution in [0.1, 0.15) is 37.1 Å². The summed E-state index contributed by atoms with van der Waals surface area (Å²) in [4.78, 5) is 18.2. The van der Waals surface area contributed by atoms with Gasteiger partial charge in [-0.25, -0.2) is 9.37 Å². The Bertz CT molecular complexity index is 835. The average molecular weight is 329 g/mol. The average Bonchev–Trinajstić information content (AvgIpc) is 3.06. The lowest BCUT2D eigenvalue weighted by atomic mass is 9.94. The molecule has 2 heterocycles. The van der Waals surface area contributed by atoms with E-state index in [0.29, 0.717) is 0 Å². The Kier molecular flexibility index (Phi) is 3.23. The van der Waals surface area contributed by atoms with Gasteiger partial charge >= 0.3 is 0 Å². The summed E-state index contributed by atoms with van der Waals surface area (Å²) >= 11 is 1.56. The van der Waals surface area contributed by atoms with Crippen molar-refractivity contribution in [2.24, 2.45) is 0 Å². The van der Waals surface area contributed by atoms with E-state index in [1.54, 1.807) is 23.5 Å². The first-order valence-corrected chi connectivity index (χ1v) is 8.45. The zero-order valence-corrected chi connectivity index (χ0v) is 13.4. The Morgan fingerprint density at radius 3 is 2.78 bits per heavy atom. The molecule has 1 aromatic carbocycles. The van der Waals surface area contributed by atoms with Crippen LogP contribution < -0.4 is 5.32 Å². The van der Waals surface area contributed by atoms with E-state index in [9.17, 15) is 9.18 Å². The molecular formula is C17H16FN3OS. The van der Waals surface area contributed by atoms with Crippen molar-refractivity contribution in [3.05, 3.63) is 59.1 Å². The molecule has 0 aliphatic heterocycles. The number of hydrogen-bond donors (Lipinski definition) is 1. The van der Waals surface area contributed by atoms with Gasteiger partial charge < -0.3 is 5.32 Å². The van der Waals surface area contributed by atoms with Crippen molar-refractivity contribution in [1.82, 2.24) is 14.7 Å². The summed E-state index contributed by atoms with van der Waals surface area (Å²) < 4.78 is 15.0. The number of benzene rings is 1. The van der Waals surface area contributed by atoms with Crippen molar-refractivity contribution in [1.29, 1.82) is 0 Å². The quantitative estimate of drug-likeness (QED) is 0.797. The zero-order valence-electron chi connectivity index (χ0n) is 12.6. The fourth-order valence-electron chi connectivity index (χ4n) is 2.90. The molecule has 1 fully saturated rings. The summed E-state index contributed by atoms with van der Waals surface area (Å²) in [7, 11) is 0. The summed E-state index contributed by atoms with van der Waals surface area (Å²) in [6.45, 7) is 1.94. The Labute approximate surface area is 137 Å². The number of carbonyl (C=O) groups excluding carboxylic acids is 1. The first-order chi connectivity index (χ1) is 11.1. The standard InChI is InChI=1S/C17H16FN3OS/c1-11(14-10-21-8-9-23-16(21)20-14)19-15(22)17(6-7-17)12-2-4-13(18)5-3-12/h2-5,8-11H,6-7H2,1H3,(H,19,22). The van der Waals surface area contributed by atoms with Crippen LogP contribution in [0.4, 0.5) is 4.39 Å². The van der Waals surface area contributed by atoms with Gasteiger partial charge in [-0.3, -0.25) is 9.20 Å². The van der Waals surface area contributed by atoms with Crippen LogP contribution in [0.2, 0.25) is 0 Å². The molecule has 1 atom stereocenters. The topological polar surface area (TPSA) is 46.4 Å². The van der Waals surface area contributed by atoms with E-state index < -0.39 is 5.41 Å². The van der Waals surface area contributed by atoms with E-state index in [1.165, 1.54) is 12.1 Å². The molecule has 3 aromatic rings. The van der Waals surface area contributed by atoms with Crippen LogP contribution in [0, 0.1) is 5.82 Å². The first kappa shape index (κ1) is 14.4. The van der Waals surface area contributed by atoms with Crippen molar-refractivity contribution in [3.8, 4) is 0 Å². The number of hydrogen-bond acceptors (Lipinski definition) is 3. The second kappa shape index (κ2) is 5.16. The molecule has 1 saturated carbocycles. The van der Waals surface area contributed by atoms with E-state index in [2.05, 4.69) is 10.3 Å². The first-order valence-electron chi connectivity index (χ1n) is 7.58. The van der Waals surface area contributed by atoms with Crippen LogP contribution in [0.25, 0.3) is 4.96 Å². The number of halogens is 1. The highest BCUT2D eigenvalue weighted by molar-refractivity contribution is 7.15. The van der Waals surface area contributed by atoms with E-state index in [4.69, 9.17) is 0 Å². The summed E-state index contributed by atoms with van der Waals surface area (Å²) in [5, 5.41) is 5.03. The lowest BCUT2D eigenvalue weighted by Crippen LogP contribution is -2.36. The third-order valence-electron chi connectivity index (χ3n) is 4.48. The third kappa shape index (κ3) is 2.43. The second-order valence-corrected chi connectivity index (χ2v) is 6.92. The van der Waals surface area contributed by atoms with Gasteiger partial charge in [0, 0.05) is 17.8 Å². The highest BCUT2D eigenvalue weighted by atomic mass is 32.1. The van der Waals surface area contributed by atoms with Crippen molar-refractivity contribution < 1.29 is 9.18 Å². The molecule has 118 valence electrons. The highest BCUT2D eigenvalue weighted by Crippen LogP contribution is 2.48. The molecule has 1 aliphatic carbocycles. The predicted octanol–water partition coefficient (Wildman–Crippen LogP) is 3.44. The maximum absolute atomic E-state index is 13.1. The molecule has 1 amide bonds. The lowest BCUT2D eigenvalue weighted by Gasteiger charge is -2.19. The monoisotopic (exact) mass is 329 g/mol. The van der Waals surface area contributed by atoms with E-state index in [1.807, 2.05) is 29.1 Å². The molecule has 6 heteroatoms. The van der Waals surface area contributed by atoms with Gasteiger partial charge in [-0.15, -0.1) is 11.3 Å². The molecule has 1 N–H and O–H groups in total. The van der Waals surface area contributed by atoms with Gasteiger partial charge in [-0.2, -0.15) is 0 Å². The Morgan fingerprint density at radius 2 is 2.13 bits per heavy atom. The van der Waals surface area contributed by atoms with Gasteiger partial charge in [0.05, 0.1) is 17.2 Å². The minimum atomic E-state index is -0.501. The molecule has 0 bridgehead atoms. The number of aromatic nitrogens is 2. The van der Waals surface area contributed by atoms with Gasteiger partial charge in [0.1, 0.15) is 5.82 Å². The Balaban J connectivity index is 1.52. The van der Waals surface area contributed by atoms with Crippen LogP contribution in [0.3, 0.4) is 0 Å². The molecule has 4 nitrogen and oxygen atoms in total. The van der Waals surface area contributed by atoms with Gasteiger partial charge in [0.15, 0.2) is 4.96 Å². The van der Waals surface area contributed by atoms with Gasteiger partial charge in [0.2, 0.25) is 5.91 Å². The maximum Gasteiger partial charge on any atom is 0.231 e. The third-order valence-corrected chi connectivity index (χ3v) is 5.26. The van der Waals surface area contributed by atoms with E-state index in [-0.39, 0.29) is 17.8 Å². The second-order valence-electron chi connectivity index (χ2n) is 6.04. The number of imidazole rings is 1. The van der Waals surface area contributed by atoms with Crippen molar-refractivity contribution >= 4 is 22.2 Å². The minimum absolute atomic E-state index is 0.00652. The predicted molar refractivity (Wildman–Crippen MR) is 86.9 cm³/mol. The van der Waals surface area contributed by atoms with Gasteiger partial charge in [-0.1, -0.05) is 12.1 Å². The summed E-state index contributed by atoms with van der Waals surface area (Å²) in [5.74, 6) is -0.288. The smallest absolute Gasteiger partial charge is 0.231 e. The van der Waals surface area contributed by atoms with Crippen LogP contribution >= 0.6 is 11.3 Å². The Hall–Kier alpha value is -2.21. The molecular weight excluding hydrogens is 313 g/mol. The van der Waals surface area contributed by atoms with Crippen molar-refractivity contribution in [2.45, 2.75) is 31.2 Å². The summed E-state index contributed by atoms with van der Waals surface area (Å²) in [6.07, 6.45) is 5.49. The molecule has 1 unspecified atom stereocenters. The lowest BCUT2D eigenvalue weighted by molar-refractivity contribution is -0.124. The van der Waals surface area contributed by atoms with E-state index in [0.717, 1.165) is 29.1 Å². The zero-order chi connectivity index (χ0) is 16.0. The molecule has 1 aliphatic rings. The number of thiazole rings is 1. The normalized spacial score (nSPS) is 17.1. The summed E-state index contributed by atoms with van der Waals surface area (Å²) in [5.41, 5.74) is 1.23. The molecule has 0 spiro atoms. The fraction of sp³-hybridized carbons (Fsp3) is 0.294. The largest absolute Gasteiger partial charge is 0.347 e. The molecule has 0 saturated heterocycles. The SMILES string of the molecule is CC(NC(=O)C1(c2ccc(F)cc2)CC1)c1cn2ccsc2n1. The molecule has 23 heavy (non-hydrogen) atoms. The highest BCUT2D eigenvalue weighted by Gasteiger charge is 2.51. The Morgan fingerprint density at radius 1 is 1.39 bits per heavy atom. The molecule has 2 aromatic heterocycles. The molecule has 4 rings (SSSR count). The number of nitrogens with one attached hydrogen (secondary N) is 1. The van der Waals surface area contributed by atoms with E-state index >= 15 is 0 Å². The summed E-state index contributed by atoms with van der Waals surface area (Å²) in [6, 6.07) is 6.08. The van der Waals surface area contributed by atoms with Crippen LogP contribution in [0.15, 0.2) is 42.0 Å². The maximum atomic E-state index is 13.1. The minimum Gasteiger partial charge on any atom is -0.347 e. The number of nitrogens with zero attached hydrogens (tertiary/aromatic N) is 2. The van der Waals surface area contributed by atoms with Crippen LogP contribution in [-0.2, 0) is 10.2 Å². The number of fused-ring (bicyclic) bond motifs is 1. The number of rotatable bonds is 4. The van der Waals surface area contributed by atoms with Gasteiger partial charge in [0.25, 0.3) is 0 Å². The number of carbonyl (C=O) groups is 1.